The third-order valence-electron chi connectivity index (χ3n) is 3.97. The molecule has 0 aliphatic carbocycles. The van der Waals surface area contributed by atoms with Gasteiger partial charge in [-0.25, -0.2) is 0 Å². The van der Waals surface area contributed by atoms with E-state index in [4.69, 9.17) is 9.47 Å². The first-order chi connectivity index (χ1) is 13.0. The molecular weight excluding hydrogens is 346 g/mol. The maximum atomic E-state index is 12.3. The minimum Gasteiger partial charge on any atom is -0.493 e. The van der Waals surface area contributed by atoms with Crippen molar-refractivity contribution in [2.24, 2.45) is 0 Å². The van der Waals surface area contributed by atoms with Gasteiger partial charge < -0.3 is 20.1 Å². The average molecular weight is 371 g/mol. The second-order valence-corrected chi connectivity index (χ2v) is 6.03. The molecule has 0 aliphatic heterocycles. The predicted molar refractivity (Wildman–Crippen MR) is 104 cm³/mol. The minimum absolute atomic E-state index is 0.173. The molecule has 0 unspecified atom stereocenters. The van der Waals surface area contributed by atoms with Crippen LogP contribution in [0.1, 0.15) is 15.9 Å². The summed E-state index contributed by atoms with van der Waals surface area (Å²) in [6.45, 7) is 0.705. The predicted octanol–water partition coefficient (Wildman–Crippen LogP) is 2.13. The highest BCUT2D eigenvalue weighted by Gasteiger charge is 2.14. The zero-order chi connectivity index (χ0) is 19.8. The molecule has 0 radical (unpaired) electrons. The number of carbonyl (C=O) groups is 2. The molecule has 0 spiro atoms. The highest BCUT2D eigenvalue weighted by Crippen LogP contribution is 2.31. The van der Waals surface area contributed by atoms with Crippen LogP contribution in [-0.2, 0) is 11.3 Å². The number of nitrogens with zero attached hydrogens (tertiary/aromatic N) is 1. The van der Waals surface area contributed by atoms with Gasteiger partial charge in [-0.15, -0.1) is 0 Å². The molecule has 0 aromatic heterocycles. The van der Waals surface area contributed by atoms with Crippen molar-refractivity contribution in [2.75, 3.05) is 40.2 Å². The van der Waals surface area contributed by atoms with Gasteiger partial charge in [-0.05, 0) is 31.3 Å². The lowest BCUT2D eigenvalue weighted by molar-refractivity contribution is -0.117. The first-order valence-corrected chi connectivity index (χ1v) is 8.49. The summed E-state index contributed by atoms with van der Waals surface area (Å²) in [6.07, 6.45) is 0. The van der Waals surface area contributed by atoms with Crippen molar-refractivity contribution in [2.45, 2.75) is 6.54 Å². The van der Waals surface area contributed by atoms with Crippen molar-refractivity contribution in [1.82, 2.24) is 10.2 Å². The number of anilines is 1. The molecule has 2 amide bonds. The van der Waals surface area contributed by atoms with Crippen LogP contribution >= 0.6 is 0 Å². The van der Waals surface area contributed by atoms with Crippen LogP contribution in [0.4, 0.5) is 5.69 Å². The van der Waals surface area contributed by atoms with Crippen molar-refractivity contribution in [3.8, 4) is 11.5 Å². The molecule has 7 heteroatoms. The van der Waals surface area contributed by atoms with Gasteiger partial charge in [-0.3, -0.25) is 14.5 Å². The second kappa shape index (κ2) is 9.59. The summed E-state index contributed by atoms with van der Waals surface area (Å²) in [5.74, 6) is 0.936. The number of methoxy groups -OCH3 is 2. The fourth-order valence-electron chi connectivity index (χ4n) is 2.75. The third kappa shape index (κ3) is 5.46. The first-order valence-electron chi connectivity index (χ1n) is 8.49. The number of para-hydroxylation sites is 1. The summed E-state index contributed by atoms with van der Waals surface area (Å²) in [7, 11) is 6.59. The molecule has 2 aromatic carbocycles. The van der Waals surface area contributed by atoms with Gasteiger partial charge >= 0.3 is 0 Å². The number of carbonyl (C=O) groups excluding carboxylic acids is 2. The molecule has 2 rings (SSSR count). The molecule has 0 fully saturated rings. The van der Waals surface area contributed by atoms with E-state index >= 15 is 0 Å². The molecule has 2 aromatic rings. The summed E-state index contributed by atoms with van der Waals surface area (Å²) in [4.78, 5) is 25.9. The molecule has 0 saturated heterocycles. The second-order valence-electron chi connectivity index (χ2n) is 6.03. The number of nitrogens with one attached hydrogen (secondary N) is 2. The molecule has 2 N–H and O–H groups in total. The van der Waals surface area contributed by atoms with Gasteiger partial charge in [-0.1, -0.05) is 18.2 Å². The zero-order valence-corrected chi connectivity index (χ0v) is 16.0. The number of rotatable bonds is 8. The lowest BCUT2D eigenvalue weighted by Gasteiger charge is -2.19. The maximum absolute atomic E-state index is 12.3. The summed E-state index contributed by atoms with van der Waals surface area (Å²) in [6, 6.07) is 12.4. The number of hydrogen-bond acceptors (Lipinski definition) is 5. The van der Waals surface area contributed by atoms with Gasteiger partial charge in [-0.2, -0.15) is 0 Å². The van der Waals surface area contributed by atoms with Crippen LogP contribution < -0.4 is 20.1 Å². The number of likely N-dealkylation sites (N-methyl/N-ethyl adjacent to an activating group) is 1. The van der Waals surface area contributed by atoms with E-state index in [2.05, 4.69) is 10.6 Å². The van der Waals surface area contributed by atoms with Gasteiger partial charge in [0.2, 0.25) is 5.91 Å². The number of benzene rings is 2. The lowest BCUT2D eigenvalue weighted by Crippen LogP contribution is -2.30. The van der Waals surface area contributed by atoms with Crippen molar-refractivity contribution in [3.05, 3.63) is 53.6 Å². The van der Waals surface area contributed by atoms with E-state index in [1.54, 1.807) is 45.5 Å². The molecule has 0 aliphatic rings. The van der Waals surface area contributed by atoms with Crippen molar-refractivity contribution >= 4 is 17.5 Å². The fourth-order valence-corrected chi connectivity index (χ4v) is 2.75. The van der Waals surface area contributed by atoms with E-state index in [9.17, 15) is 9.59 Å². The van der Waals surface area contributed by atoms with Gasteiger partial charge in [0, 0.05) is 30.4 Å². The largest absolute Gasteiger partial charge is 0.493 e. The smallest absolute Gasteiger partial charge is 0.251 e. The summed E-state index contributed by atoms with van der Waals surface area (Å²) >= 11 is 0. The van der Waals surface area contributed by atoms with Crippen LogP contribution in [-0.4, -0.2) is 51.6 Å². The van der Waals surface area contributed by atoms with E-state index in [-0.39, 0.29) is 18.4 Å². The monoisotopic (exact) mass is 371 g/mol. The van der Waals surface area contributed by atoms with Crippen LogP contribution in [0.2, 0.25) is 0 Å². The average Bonchev–Trinajstić information content (AvgIpc) is 2.66. The minimum atomic E-state index is -0.201. The Bertz CT molecular complexity index is 808. The Labute approximate surface area is 159 Å². The summed E-state index contributed by atoms with van der Waals surface area (Å²) in [5, 5.41) is 5.37. The Morgan fingerprint density at radius 2 is 1.81 bits per heavy atom. The van der Waals surface area contributed by atoms with Crippen LogP contribution in [0.5, 0.6) is 11.5 Å². The lowest BCUT2D eigenvalue weighted by atomic mass is 10.1. The molecule has 0 atom stereocenters. The van der Waals surface area contributed by atoms with E-state index in [0.29, 0.717) is 29.3 Å². The zero-order valence-electron chi connectivity index (χ0n) is 16.0. The molecule has 0 saturated carbocycles. The van der Waals surface area contributed by atoms with Crippen molar-refractivity contribution < 1.29 is 19.1 Å². The van der Waals surface area contributed by atoms with Gasteiger partial charge in [0.05, 0.1) is 20.8 Å². The van der Waals surface area contributed by atoms with Crippen LogP contribution in [0.3, 0.4) is 0 Å². The normalized spacial score (nSPS) is 10.4. The van der Waals surface area contributed by atoms with E-state index in [1.165, 1.54) is 0 Å². The van der Waals surface area contributed by atoms with Gasteiger partial charge in [0.25, 0.3) is 5.91 Å². The Kier molecular flexibility index (Phi) is 7.19. The van der Waals surface area contributed by atoms with Gasteiger partial charge in [0.1, 0.15) is 0 Å². The quantitative estimate of drug-likeness (QED) is 0.743. The summed E-state index contributed by atoms with van der Waals surface area (Å²) in [5.41, 5.74) is 1.99. The van der Waals surface area contributed by atoms with Crippen molar-refractivity contribution in [3.63, 3.8) is 0 Å². The fraction of sp³-hybridized carbons (Fsp3) is 0.300. The maximum Gasteiger partial charge on any atom is 0.251 e. The van der Waals surface area contributed by atoms with E-state index < -0.39 is 0 Å². The van der Waals surface area contributed by atoms with Gasteiger partial charge in [0.15, 0.2) is 11.5 Å². The Hall–Kier alpha value is -3.06. The number of amides is 2. The number of ether oxygens (including phenoxy) is 2. The standard InChI is InChI=1S/C20H25N3O4/c1-21-20(25)14-7-5-9-16(11-14)22-18(24)13-23(2)12-15-8-6-10-17(26-3)19(15)27-4/h5-11H,12-13H2,1-4H3,(H,21,25)(H,22,24). The van der Waals surface area contributed by atoms with Crippen LogP contribution in [0, 0.1) is 0 Å². The summed E-state index contributed by atoms with van der Waals surface area (Å²) < 4.78 is 10.7. The molecule has 27 heavy (non-hydrogen) atoms. The first kappa shape index (κ1) is 20.3. The molecular formula is C20H25N3O4. The van der Waals surface area contributed by atoms with E-state index in [0.717, 1.165) is 5.56 Å². The molecule has 0 heterocycles. The molecule has 7 nitrogen and oxygen atoms in total. The third-order valence-corrected chi connectivity index (χ3v) is 3.97. The van der Waals surface area contributed by atoms with E-state index in [1.807, 2.05) is 30.1 Å². The number of hydrogen-bond donors (Lipinski definition) is 2. The highest BCUT2D eigenvalue weighted by molar-refractivity contribution is 5.97. The Morgan fingerprint density at radius 1 is 1.07 bits per heavy atom. The van der Waals surface area contributed by atoms with Crippen LogP contribution in [0.25, 0.3) is 0 Å². The molecule has 144 valence electrons. The van der Waals surface area contributed by atoms with Crippen molar-refractivity contribution in [1.29, 1.82) is 0 Å². The topological polar surface area (TPSA) is 79.9 Å². The van der Waals surface area contributed by atoms with Crippen LogP contribution in [0.15, 0.2) is 42.5 Å². The highest BCUT2D eigenvalue weighted by atomic mass is 16.5. The Balaban J connectivity index is 1.99. The SMILES string of the molecule is CNC(=O)c1cccc(NC(=O)CN(C)Cc2cccc(OC)c2OC)c1. The molecule has 0 bridgehead atoms. The Morgan fingerprint density at radius 3 is 2.48 bits per heavy atom.